The van der Waals surface area contributed by atoms with Gasteiger partial charge in [-0.15, -0.1) is 11.3 Å². The minimum Gasteiger partial charge on any atom is -0.348 e. The fraction of sp³-hybridized carbons (Fsp3) is 0.286. The molecular weight excluding hydrogens is 645 g/mol. The van der Waals surface area contributed by atoms with E-state index in [0.717, 1.165) is 22.5 Å². The van der Waals surface area contributed by atoms with Crippen LogP contribution < -0.4 is 4.90 Å². The zero-order chi connectivity index (χ0) is 23.9. The van der Waals surface area contributed by atoms with Crippen molar-refractivity contribution in [1.82, 2.24) is 4.98 Å². The van der Waals surface area contributed by atoms with E-state index in [4.69, 9.17) is 23.2 Å². The van der Waals surface area contributed by atoms with E-state index >= 15 is 0 Å². The van der Waals surface area contributed by atoms with Crippen molar-refractivity contribution in [3.8, 4) is 0 Å². The van der Waals surface area contributed by atoms with Crippen LogP contribution in [0.2, 0.25) is 10.0 Å². The Labute approximate surface area is 221 Å². The predicted octanol–water partition coefficient (Wildman–Crippen LogP) is 7.29. The number of hydrogen-bond acceptors (Lipinski definition) is 5. The van der Waals surface area contributed by atoms with Gasteiger partial charge in [-0.2, -0.15) is 0 Å². The summed E-state index contributed by atoms with van der Waals surface area (Å²) in [6, 6.07) is 6.25. The maximum absolute atomic E-state index is 14.6. The van der Waals surface area contributed by atoms with Gasteiger partial charge in [-0.05, 0) is 74.5 Å². The summed E-state index contributed by atoms with van der Waals surface area (Å²) < 4.78 is 54.3. The average molecular weight is 661 g/mol. The number of thiazole rings is 1. The summed E-state index contributed by atoms with van der Waals surface area (Å²) in [7, 11) is -4.08. The highest BCUT2D eigenvalue weighted by Crippen LogP contribution is 2.37. The summed E-state index contributed by atoms with van der Waals surface area (Å²) in [6.45, 7) is 0.880. The van der Waals surface area contributed by atoms with Crippen LogP contribution in [0.4, 0.5) is 13.9 Å². The molecule has 4 nitrogen and oxygen atoms in total. The number of benzene rings is 2. The number of anilines is 1. The molecule has 0 saturated carbocycles. The zero-order valence-electron chi connectivity index (χ0n) is 16.8. The lowest BCUT2D eigenvalue weighted by Crippen LogP contribution is -2.39. The normalized spacial score (nSPS) is 15.3. The topological polar surface area (TPSA) is 50.3 Å². The summed E-state index contributed by atoms with van der Waals surface area (Å²) >= 11 is 19.4. The van der Waals surface area contributed by atoms with Crippen molar-refractivity contribution in [3.05, 3.63) is 71.5 Å². The third kappa shape index (κ3) is 5.41. The number of hydrogen-bond donors (Lipinski definition) is 0. The van der Waals surface area contributed by atoms with Crippen molar-refractivity contribution in [2.45, 2.75) is 29.4 Å². The van der Waals surface area contributed by atoms with Gasteiger partial charge < -0.3 is 4.90 Å². The van der Waals surface area contributed by atoms with Gasteiger partial charge in [-0.3, -0.25) is 0 Å². The van der Waals surface area contributed by atoms with Crippen molar-refractivity contribution in [2.75, 3.05) is 18.0 Å². The van der Waals surface area contributed by atoms with Crippen LogP contribution in [0.5, 0.6) is 0 Å². The molecule has 0 aliphatic carbocycles. The molecule has 2 aromatic carbocycles. The van der Waals surface area contributed by atoms with Crippen LogP contribution in [0.15, 0.2) is 43.5 Å². The first-order valence-electron chi connectivity index (χ1n) is 9.77. The maximum Gasteiger partial charge on any atom is 0.185 e. The molecule has 0 amide bonds. The van der Waals surface area contributed by atoms with Crippen molar-refractivity contribution in [3.63, 3.8) is 0 Å². The third-order valence-corrected chi connectivity index (χ3v) is 10.7. The van der Waals surface area contributed by atoms with Crippen LogP contribution in [0.3, 0.4) is 0 Å². The van der Waals surface area contributed by atoms with Crippen molar-refractivity contribution >= 4 is 81.4 Å². The van der Waals surface area contributed by atoms with E-state index in [1.807, 2.05) is 22.4 Å². The molecule has 1 saturated heterocycles. The molecule has 0 unspecified atom stereocenters. The first kappa shape index (κ1) is 25.3. The van der Waals surface area contributed by atoms with Crippen LogP contribution in [0.1, 0.15) is 24.1 Å². The van der Waals surface area contributed by atoms with Crippen LogP contribution >= 0.6 is 66.4 Å². The Balaban J connectivity index is 1.47. The van der Waals surface area contributed by atoms with Crippen LogP contribution in [0.25, 0.3) is 0 Å². The van der Waals surface area contributed by atoms with E-state index in [1.165, 1.54) is 11.3 Å². The Bertz CT molecular complexity index is 1270. The summed E-state index contributed by atoms with van der Waals surface area (Å²) in [4.78, 5) is 6.05. The monoisotopic (exact) mass is 658 g/mol. The number of aromatic nitrogens is 1. The third-order valence-electron chi connectivity index (χ3n) is 5.35. The van der Waals surface area contributed by atoms with E-state index in [9.17, 15) is 17.2 Å². The lowest BCUT2D eigenvalue weighted by molar-refractivity contribution is 0.512. The van der Waals surface area contributed by atoms with Gasteiger partial charge in [0, 0.05) is 34.9 Å². The molecule has 0 radical (unpaired) electrons. The molecule has 1 aliphatic rings. The Morgan fingerprint density at radius 2 is 1.73 bits per heavy atom. The molecule has 12 heteroatoms. The summed E-state index contributed by atoms with van der Waals surface area (Å²) in [6.07, 6.45) is 1.13. The standard InChI is InChI=1S/C21H16Br2Cl2F2N2O2S2/c22-16-9-17(26)18(23)20(19(16)27)33(30,31)15-1-3-29(4-2-15)21-28-14(10-32-21)7-11-5-12(24)8-13(25)6-11/h5-6,8-10,15H,1-4,7H2. The Kier molecular flexibility index (Phi) is 7.72. The van der Waals surface area contributed by atoms with Gasteiger partial charge in [-0.1, -0.05) is 23.2 Å². The number of nitrogens with zero attached hydrogens (tertiary/aromatic N) is 2. The molecular formula is C21H16Br2Cl2F2N2O2S2. The van der Waals surface area contributed by atoms with E-state index in [1.54, 1.807) is 6.07 Å². The second-order valence-corrected chi connectivity index (χ2v) is 13.1. The molecule has 4 rings (SSSR count). The van der Waals surface area contributed by atoms with Crippen LogP contribution in [0, 0.1) is 11.6 Å². The molecule has 0 N–H and O–H groups in total. The molecule has 33 heavy (non-hydrogen) atoms. The Hall–Kier alpha value is -0.780. The molecule has 176 valence electrons. The molecule has 0 spiro atoms. The Morgan fingerprint density at radius 3 is 2.36 bits per heavy atom. The molecule has 1 fully saturated rings. The molecule has 0 atom stereocenters. The fourth-order valence-corrected chi connectivity index (χ4v) is 8.59. The highest BCUT2D eigenvalue weighted by molar-refractivity contribution is 9.11. The van der Waals surface area contributed by atoms with Gasteiger partial charge in [0.25, 0.3) is 0 Å². The summed E-state index contributed by atoms with van der Waals surface area (Å²) in [5.41, 5.74) is 1.81. The molecule has 3 aromatic rings. The second-order valence-electron chi connectivity index (χ2n) is 7.60. The minimum absolute atomic E-state index is 0.226. The van der Waals surface area contributed by atoms with Gasteiger partial charge >= 0.3 is 0 Å². The number of sulfone groups is 1. The van der Waals surface area contributed by atoms with Crippen molar-refractivity contribution in [1.29, 1.82) is 0 Å². The highest BCUT2D eigenvalue weighted by atomic mass is 79.9. The van der Waals surface area contributed by atoms with Gasteiger partial charge in [-0.25, -0.2) is 22.2 Å². The van der Waals surface area contributed by atoms with Gasteiger partial charge in [0.05, 0.1) is 19.9 Å². The first-order chi connectivity index (χ1) is 15.6. The highest BCUT2D eigenvalue weighted by Gasteiger charge is 2.36. The number of halogens is 6. The van der Waals surface area contributed by atoms with E-state index in [2.05, 4.69) is 36.8 Å². The Morgan fingerprint density at radius 1 is 1.09 bits per heavy atom. The van der Waals surface area contributed by atoms with Gasteiger partial charge in [0.15, 0.2) is 20.8 Å². The summed E-state index contributed by atoms with van der Waals surface area (Å²) in [5, 5.41) is 3.04. The second kappa shape index (κ2) is 10.1. The van der Waals surface area contributed by atoms with Crippen LogP contribution in [-0.4, -0.2) is 31.7 Å². The molecule has 2 heterocycles. The zero-order valence-corrected chi connectivity index (χ0v) is 23.1. The maximum atomic E-state index is 14.6. The van der Waals surface area contributed by atoms with Crippen molar-refractivity contribution in [2.24, 2.45) is 0 Å². The average Bonchev–Trinajstić information content (AvgIpc) is 3.20. The van der Waals surface area contributed by atoms with Crippen LogP contribution in [-0.2, 0) is 16.3 Å². The van der Waals surface area contributed by atoms with Gasteiger partial charge in [0.1, 0.15) is 10.7 Å². The number of rotatable bonds is 5. The van der Waals surface area contributed by atoms with Gasteiger partial charge in [0.2, 0.25) is 0 Å². The lowest BCUT2D eigenvalue weighted by Gasteiger charge is -2.31. The molecule has 1 aromatic heterocycles. The molecule has 0 bridgehead atoms. The first-order valence-corrected chi connectivity index (χ1v) is 14.5. The largest absolute Gasteiger partial charge is 0.348 e. The van der Waals surface area contributed by atoms with E-state index < -0.39 is 31.6 Å². The summed E-state index contributed by atoms with van der Waals surface area (Å²) in [5.74, 6) is -1.83. The van der Waals surface area contributed by atoms with Crippen molar-refractivity contribution < 1.29 is 17.2 Å². The predicted molar refractivity (Wildman–Crippen MR) is 136 cm³/mol. The fourth-order valence-electron chi connectivity index (χ4n) is 3.77. The van der Waals surface area contributed by atoms with E-state index in [0.29, 0.717) is 29.6 Å². The quantitative estimate of drug-likeness (QED) is 0.270. The molecule has 1 aliphatic heterocycles. The van der Waals surface area contributed by atoms with E-state index in [-0.39, 0.29) is 21.8 Å². The number of piperidine rings is 1. The smallest absolute Gasteiger partial charge is 0.185 e. The lowest BCUT2D eigenvalue weighted by atomic mass is 10.1. The minimum atomic E-state index is -4.08. The SMILES string of the molecule is O=S(=O)(c1c(F)c(Br)cc(F)c1Br)C1CCN(c2nc(Cc3cc(Cl)cc(Cl)c3)cs2)CC1.